The molecule has 1 aromatic heterocycles. The van der Waals surface area contributed by atoms with Gasteiger partial charge in [-0.05, 0) is 31.0 Å². The van der Waals surface area contributed by atoms with Crippen molar-refractivity contribution in [3.63, 3.8) is 0 Å². The Kier molecular flexibility index (Phi) is 3.25. The molecule has 1 aromatic carbocycles. The molecule has 2 unspecified atom stereocenters. The molecule has 0 spiro atoms. The van der Waals surface area contributed by atoms with Crippen LogP contribution in [0.4, 0.5) is 11.4 Å². The number of fused-ring (bicyclic) bond motifs is 1. The third-order valence-electron chi connectivity index (χ3n) is 3.92. The van der Waals surface area contributed by atoms with E-state index in [-0.39, 0.29) is 12.1 Å². The Bertz CT molecular complexity index is 585. The van der Waals surface area contributed by atoms with E-state index in [4.69, 9.17) is 5.73 Å². The molecule has 1 heterocycles. The van der Waals surface area contributed by atoms with Gasteiger partial charge in [0.15, 0.2) is 0 Å². The molecular formula is C15H19N3O. The Morgan fingerprint density at radius 2 is 2.00 bits per heavy atom. The first-order valence-electron chi connectivity index (χ1n) is 6.82. The van der Waals surface area contributed by atoms with Crippen LogP contribution in [0.2, 0.25) is 0 Å². The zero-order valence-corrected chi connectivity index (χ0v) is 10.8. The molecule has 19 heavy (non-hydrogen) atoms. The van der Waals surface area contributed by atoms with Gasteiger partial charge >= 0.3 is 0 Å². The Morgan fingerprint density at radius 3 is 2.84 bits per heavy atom. The number of rotatable bonds is 2. The van der Waals surface area contributed by atoms with Crippen LogP contribution >= 0.6 is 0 Å². The van der Waals surface area contributed by atoms with Gasteiger partial charge in [0.05, 0.1) is 12.1 Å². The highest BCUT2D eigenvalue weighted by Gasteiger charge is 2.23. The van der Waals surface area contributed by atoms with Crippen molar-refractivity contribution < 1.29 is 5.11 Å². The zero-order valence-electron chi connectivity index (χ0n) is 10.8. The van der Waals surface area contributed by atoms with Crippen LogP contribution in [0.5, 0.6) is 0 Å². The number of hydrogen-bond acceptors (Lipinski definition) is 4. The van der Waals surface area contributed by atoms with Gasteiger partial charge in [-0.25, -0.2) is 0 Å². The van der Waals surface area contributed by atoms with Crippen molar-refractivity contribution in [2.75, 3.05) is 11.1 Å². The highest BCUT2D eigenvalue weighted by atomic mass is 16.3. The number of hydrogen-bond donors (Lipinski definition) is 3. The average Bonchev–Trinajstić information content (AvgIpc) is 2.44. The lowest BCUT2D eigenvalue weighted by molar-refractivity contribution is 0.116. The van der Waals surface area contributed by atoms with E-state index >= 15 is 0 Å². The van der Waals surface area contributed by atoms with E-state index < -0.39 is 0 Å². The summed E-state index contributed by atoms with van der Waals surface area (Å²) in [6.45, 7) is 0. The van der Waals surface area contributed by atoms with Crippen molar-refractivity contribution in [1.29, 1.82) is 0 Å². The molecule has 0 amide bonds. The molecule has 4 N–H and O–H groups in total. The molecule has 4 nitrogen and oxygen atoms in total. The van der Waals surface area contributed by atoms with E-state index in [1.807, 2.05) is 18.2 Å². The van der Waals surface area contributed by atoms with Crippen molar-refractivity contribution in [1.82, 2.24) is 4.98 Å². The first-order chi connectivity index (χ1) is 9.25. The summed E-state index contributed by atoms with van der Waals surface area (Å²) in [6.07, 6.45) is 7.47. The predicted octanol–water partition coefficient (Wildman–Crippen LogP) is 2.53. The van der Waals surface area contributed by atoms with Crippen molar-refractivity contribution >= 4 is 22.1 Å². The molecule has 100 valence electrons. The Balaban J connectivity index is 1.94. The van der Waals surface area contributed by atoms with Crippen molar-refractivity contribution in [3.05, 3.63) is 30.6 Å². The molecule has 1 aliphatic carbocycles. The molecule has 0 aliphatic heterocycles. The summed E-state index contributed by atoms with van der Waals surface area (Å²) in [5.74, 6) is 0. The number of aliphatic hydroxyl groups is 1. The zero-order chi connectivity index (χ0) is 13.2. The number of nitrogens with two attached hydrogens (primary N) is 1. The summed E-state index contributed by atoms with van der Waals surface area (Å²) < 4.78 is 0. The molecule has 0 radical (unpaired) electrons. The molecule has 0 saturated heterocycles. The average molecular weight is 257 g/mol. The summed E-state index contributed by atoms with van der Waals surface area (Å²) in [4.78, 5) is 4.12. The molecule has 2 atom stereocenters. The van der Waals surface area contributed by atoms with Crippen molar-refractivity contribution in [2.24, 2.45) is 0 Å². The predicted molar refractivity (Wildman–Crippen MR) is 78.0 cm³/mol. The maximum Gasteiger partial charge on any atom is 0.0741 e. The molecular weight excluding hydrogens is 238 g/mol. The Labute approximate surface area is 112 Å². The summed E-state index contributed by atoms with van der Waals surface area (Å²) in [6, 6.07) is 5.97. The summed E-state index contributed by atoms with van der Waals surface area (Å²) in [5.41, 5.74) is 7.73. The molecule has 1 fully saturated rings. The first kappa shape index (κ1) is 12.2. The van der Waals surface area contributed by atoms with Crippen LogP contribution in [-0.2, 0) is 0 Å². The van der Waals surface area contributed by atoms with Crippen LogP contribution in [0.25, 0.3) is 10.8 Å². The number of aromatic nitrogens is 1. The maximum atomic E-state index is 10.1. The van der Waals surface area contributed by atoms with Gasteiger partial charge < -0.3 is 16.2 Å². The summed E-state index contributed by atoms with van der Waals surface area (Å²) in [7, 11) is 0. The molecule has 2 aromatic rings. The monoisotopic (exact) mass is 257 g/mol. The van der Waals surface area contributed by atoms with Crippen LogP contribution < -0.4 is 11.1 Å². The van der Waals surface area contributed by atoms with Crippen LogP contribution in [0.1, 0.15) is 25.7 Å². The van der Waals surface area contributed by atoms with Gasteiger partial charge in [-0.3, -0.25) is 4.98 Å². The highest BCUT2D eigenvalue weighted by molar-refractivity contribution is 6.00. The standard InChI is InChI=1S/C15H19N3O/c16-12-5-6-13(10-7-8-17-9-11(10)12)18-14-3-1-2-4-15(14)19/h5-9,14-15,18-19H,1-4,16H2. The quantitative estimate of drug-likeness (QED) is 0.723. The largest absolute Gasteiger partial charge is 0.398 e. The van der Waals surface area contributed by atoms with Crippen molar-refractivity contribution in [3.8, 4) is 0 Å². The number of aliphatic hydroxyl groups excluding tert-OH is 1. The van der Waals surface area contributed by atoms with Crippen LogP contribution in [0, 0.1) is 0 Å². The minimum absolute atomic E-state index is 0.133. The number of anilines is 2. The number of benzene rings is 1. The fraction of sp³-hybridized carbons (Fsp3) is 0.400. The number of nitrogens with one attached hydrogen (secondary N) is 1. The molecule has 3 rings (SSSR count). The van der Waals surface area contributed by atoms with E-state index in [0.717, 1.165) is 41.4 Å². The van der Waals surface area contributed by atoms with Gasteiger partial charge in [0, 0.05) is 34.5 Å². The smallest absolute Gasteiger partial charge is 0.0741 e. The van der Waals surface area contributed by atoms with Crippen LogP contribution in [-0.4, -0.2) is 22.2 Å². The van der Waals surface area contributed by atoms with E-state index in [2.05, 4.69) is 10.3 Å². The van der Waals surface area contributed by atoms with Gasteiger partial charge in [0.2, 0.25) is 0 Å². The van der Waals surface area contributed by atoms with E-state index in [1.165, 1.54) is 6.42 Å². The third kappa shape index (κ3) is 2.36. The first-order valence-corrected chi connectivity index (χ1v) is 6.82. The lowest BCUT2D eigenvalue weighted by atomic mass is 9.92. The van der Waals surface area contributed by atoms with Gasteiger partial charge in [-0.2, -0.15) is 0 Å². The third-order valence-corrected chi connectivity index (χ3v) is 3.92. The summed E-state index contributed by atoms with van der Waals surface area (Å²) >= 11 is 0. The lowest BCUT2D eigenvalue weighted by Crippen LogP contribution is -2.36. The van der Waals surface area contributed by atoms with Crippen LogP contribution in [0.15, 0.2) is 30.6 Å². The van der Waals surface area contributed by atoms with Crippen LogP contribution in [0.3, 0.4) is 0 Å². The highest BCUT2D eigenvalue weighted by Crippen LogP contribution is 2.30. The second-order valence-corrected chi connectivity index (χ2v) is 5.23. The Hall–Kier alpha value is -1.81. The molecule has 1 aliphatic rings. The minimum Gasteiger partial charge on any atom is -0.398 e. The molecule has 1 saturated carbocycles. The van der Waals surface area contributed by atoms with Gasteiger partial charge in [0.1, 0.15) is 0 Å². The van der Waals surface area contributed by atoms with Gasteiger partial charge in [-0.1, -0.05) is 12.8 Å². The van der Waals surface area contributed by atoms with Gasteiger partial charge in [-0.15, -0.1) is 0 Å². The van der Waals surface area contributed by atoms with Gasteiger partial charge in [0.25, 0.3) is 0 Å². The fourth-order valence-electron chi connectivity index (χ4n) is 2.82. The number of nitrogen functional groups attached to an aromatic ring is 1. The second kappa shape index (κ2) is 5.05. The van der Waals surface area contributed by atoms with E-state index in [9.17, 15) is 5.11 Å². The fourth-order valence-corrected chi connectivity index (χ4v) is 2.82. The lowest BCUT2D eigenvalue weighted by Gasteiger charge is -2.29. The SMILES string of the molecule is Nc1ccc(NC2CCCCC2O)c2ccncc12. The summed E-state index contributed by atoms with van der Waals surface area (Å²) in [5, 5.41) is 15.5. The van der Waals surface area contributed by atoms with E-state index in [0.29, 0.717) is 0 Å². The van der Waals surface area contributed by atoms with Crippen molar-refractivity contribution in [2.45, 2.75) is 37.8 Å². The molecule has 4 heteroatoms. The minimum atomic E-state index is -0.261. The normalized spacial score (nSPS) is 23.4. The Morgan fingerprint density at radius 1 is 1.16 bits per heavy atom. The second-order valence-electron chi connectivity index (χ2n) is 5.23. The molecule has 0 bridgehead atoms. The topological polar surface area (TPSA) is 71.2 Å². The number of pyridine rings is 1. The van der Waals surface area contributed by atoms with E-state index in [1.54, 1.807) is 12.4 Å². The maximum absolute atomic E-state index is 10.1. The number of nitrogens with zero attached hydrogens (tertiary/aromatic N) is 1.